The second-order valence-corrected chi connectivity index (χ2v) is 6.06. The van der Waals surface area contributed by atoms with Crippen LogP contribution in [-0.4, -0.2) is 30.6 Å². The molecule has 1 aromatic rings. The van der Waals surface area contributed by atoms with Crippen molar-refractivity contribution in [2.75, 3.05) is 6.54 Å². The van der Waals surface area contributed by atoms with Crippen molar-refractivity contribution in [1.82, 2.24) is 10.6 Å². The highest BCUT2D eigenvalue weighted by atomic mass is 19.4. The molecule has 1 aliphatic rings. The van der Waals surface area contributed by atoms with Gasteiger partial charge in [-0.15, -0.1) is 0 Å². The Bertz CT molecular complexity index is 597. The van der Waals surface area contributed by atoms with Crippen molar-refractivity contribution >= 4 is 17.9 Å². The van der Waals surface area contributed by atoms with Crippen LogP contribution in [0.25, 0.3) is 6.08 Å². The first kappa shape index (κ1) is 19.1. The Morgan fingerprint density at radius 3 is 2.80 bits per heavy atom. The van der Waals surface area contributed by atoms with Crippen LogP contribution in [0.15, 0.2) is 28.9 Å². The molecule has 2 unspecified atom stereocenters. The van der Waals surface area contributed by atoms with Crippen LogP contribution in [0.4, 0.5) is 13.2 Å². The highest BCUT2D eigenvalue weighted by Crippen LogP contribution is 2.37. The maximum atomic E-state index is 12.7. The van der Waals surface area contributed by atoms with Gasteiger partial charge in [0.05, 0.1) is 12.2 Å². The third-order valence-electron chi connectivity index (χ3n) is 4.10. The molecular weight excluding hydrogens is 337 g/mol. The number of hydrogen-bond acceptors (Lipinski definition) is 3. The summed E-state index contributed by atoms with van der Waals surface area (Å²) in [6.07, 6.45) is 1.11. The van der Waals surface area contributed by atoms with Gasteiger partial charge in [-0.1, -0.05) is 6.42 Å². The minimum Gasteiger partial charge on any atom is -0.465 e. The Labute approximate surface area is 143 Å². The molecule has 1 aromatic heterocycles. The highest BCUT2D eigenvalue weighted by Gasteiger charge is 2.42. The summed E-state index contributed by atoms with van der Waals surface area (Å²) in [5, 5.41) is 5.16. The summed E-state index contributed by atoms with van der Waals surface area (Å²) >= 11 is 0. The Balaban J connectivity index is 1.66. The molecule has 138 valence electrons. The van der Waals surface area contributed by atoms with Crippen molar-refractivity contribution in [2.45, 2.75) is 44.3 Å². The maximum absolute atomic E-state index is 12.7. The molecule has 2 N–H and O–H groups in total. The van der Waals surface area contributed by atoms with Crippen LogP contribution >= 0.6 is 0 Å². The van der Waals surface area contributed by atoms with Crippen LogP contribution in [0.3, 0.4) is 0 Å². The van der Waals surface area contributed by atoms with Gasteiger partial charge in [-0.2, -0.15) is 13.2 Å². The monoisotopic (exact) mass is 358 g/mol. The van der Waals surface area contributed by atoms with Crippen LogP contribution in [0.5, 0.6) is 0 Å². The smallest absolute Gasteiger partial charge is 0.391 e. The minimum absolute atomic E-state index is 0.0213. The van der Waals surface area contributed by atoms with Gasteiger partial charge in [0.25, 0.3) is 0 Å². The lowest BCUT2D eigenvalue weighted by Gasteiger charge is -2.31. The standard InChI is InChI=1S/C17H21F3N2O3/c18-17(19,20)12-3-1-4-13(11-12)22-16(24)8-9-21-15(23)7-6-14-5-2-10-25-14/h2,5-7,10,12-13H,1,3-4,8-9,11H2,(H,21,23)(H,22,24)/b7-6+. The van der Waals surface area contributed by atoms with Gasteiger partial charge in [0, 0.05) is 25.1 Å². The van der Waals surface area contributed by atoms with E-state index in [0.717, 1.165) is 0 Å². The largest absolute Gasteiger partial charge is 0.465 e. The van der Waals surface area contributed by atoms with Crippen molar-refractivity contribution in [1.29, 1.82) is 0 Å². The molecule has 2 atom stereocenters. The van der Waals surface area contributed by atoms with E-state index in [-0.39, 0.29) is 37.6 Å². The fourth-order valence-corrected chi connectivity index (χ4v) is 2.82. The highest BCUT2D eigenvalue weighted by molar-refractivity contribution is 5.91. The molecule has 2 amide bonds. The van der Waals surface area contributed by atoms with Crippen LogP contribution in [0.1, 0.15) is 37.9 Å². The minimum atomic E-state index is -4.21. The molecule has 0 radical (unpaired) electrons. The van der Waals surface area contributed by atoms with Crippen LogP contribution < -0.4 is 10.6 Å². The third-order valence-corrected chi connectivity index (χ3v) is 4.10. The van der Waals surface area contributed by atoms with Crippen molar-refractivity contribution in [3.8, 4) is 0 Å². The fraction of sp³-hybridized carbons (Fsp3) is 0.529. The van der Waals surface area contributed by atoms with Crippen molar-refractivity contribution in [3.63, 3.8) is 0 Å². The maximum Gasteiger partial charge on any atom is 0.391 e. The topological polar surface area (TPSA) is 71.3 Å². The normalized spacial score (nSPS) is 21.2. The Kier molecular flexibility index (Phi) is 6.66. The van der Waals surface area contributed by atoms with Crippen LogP contribution in [0.2, 0.25) is 0 Å². The van der Waals surface area contributed by atoms with E-state index in [1.54, 1.807) is 12.1 Å². The Hall–Kier alpha value is -2.25. The molecule has 0 aromatic carbocycles. The van der Waals surface area contributed by atoms with Gasteiger partial charge in [0.1, 0.15) is 5.76 Å². The molecule has 1 fully saturated rings. The number of carbonyl (C=O) groups is 2. The zero-order chi connectivity index (χ0) is 18.3. The molecule has 0 spiro atoms. The average Bonchev–Trinajstić information content (AvgIpc) is 3.06. The first-order valence-corrected chi connectivity index (χ1v) is 8.20. The number of rotatable bonds is 6. The molecule has 8 heteroatoms. The lowest BCUT2D eigenvalue weighted by atomic mass is 9.85. The van der Waals surface area contributed by atoms with Gasteiger partial charge >= 0.3 is 6.18 Å². The lowest BCUT2D eigenvalue weighted by molar-refractivity contribution is -0.184. The average molecular weight is 358 g/mol. The molecule has 0 bridgehead atoms. The van der Waals surface area contributed by atoms with Gasteiger partial charge in [0.15, 0.2) is 0 Å². The molecule has 0 saturated heterocycles. The molecule has 1 heterocycles. The van der Waals surface area contributed by atoms with E-state index in [1.165, 1.54) is 18.4 Å². The first-order valence-electron chi connectivity index (χ1n) is 8.20. The Morgan fingerprint density at radius 1 is 1.32 bits per heavy atom. The fourth-order valence-electron chi connectivity index (χ4n) is 2.82. The summed E-state index contributed by atoms with van der Waals surface area (Å²) in [7, 11) is 0. The number of hydrogen-bond donors (Lipinski definition) is 2. The van der Waals surface area contributed by atoms with Gasteiger partial charge in [-0.3, -0.25) is 9.59 Å². The summed E-state index contributed by atoms with van der Waals surface area (Å²) < 4.78 is 43.3. The SMILES string of the molecule is O=C(/C=C/c1ccco1)NCCC(=O)NC1CCCC(C(F)(F)F)C1. The summed E-state index contributed by atoms with van der Waals surface area (Å²) in [6, 6.07) is 2.92. The van der Waals surface area contributed by atoms with Crippen molar-refractivity contribution in [3.05, 3.63) is 30.2 Å². The van der Waals surface area contributed by atoms with E-state index in [4.69, 9.17) is 4.42 Å². The Morgan fingerprint density at radius 2 is 2.12 bits per heavy atom. The van der Waals surface area contributed by atoms with Crippen molar-refractivity contribution < 1.29 is 27.2 Å². The molecular formula is C17H21F3N2O3. The van der Waals surface area contributed by atoms with Gasteiger partial charge in [-0.05, 0) is 37.5 Å². The predicted molar refractivity (Wildman–Crippen MR) is 85.3 cm³/mol. The van der Waals surface area contributed by atoms with Gasteiger partial charge in [0.2, 0.25) is 11.8 Å². The quantitative estimate of drug-likeness (QED) is 0.768. The van der Waals surface area contributed by atoms with Crippen molar-refractivity contribution in [2.24, 2.45) is 5.92 Å². The second-order valence-electron chi connectivity index (χ2n) is 6.06. The number of amides is 2. The predicted octanol–water partition coefficient (Wildman–Crippen LogP) is 3.04. The number of carbonyl (C=O) groups excluding carboxylic acids is 2. The molecule has 25 heavy (non-hydrogen) atoms. The molecule has 1 saturated carbocycles. The second kappa shape index (κ2) is 8.73. The molecule has 1 aliphatic carbocycles. The number of alkyl halides is 3. The van der Waals surface area contributed by atoms with E-state index >= 15 is 0 Å². The molecule has 5 nitrogen and oxygen atoms in total. The zero-order valence-electron chi connectivity index (χ0n) is 13.6. The van der Waals surface area contributed by atoms with E-state index < -0.39 is 18.1 Å². The number of nitrogens with one attached hydrogen (secondary N) is 2. The van der Waals surface area contributed by atoms with Crippen LogP contribution in [0, 0.1) is 5.92 Å². The lowest BCUT2D eigenvalue weighted by Crippen LogP contribution is -2.42. The van der Waals surface area contributed by atoms with E-state index in [0.29, 0.717) is 18.6 Å². The number of furan rings is 1. The molecule has 2 rings (SSSR count). The third kappa shape index (κ3) is 6.64. The summed E-state index contributed by atoms with van der Waals surface area (Å²) in [5.74, 6) is -1.55. The van der Waals surface area contributed by atoms with E-state index in [2.05, 4.69) is 10.6 Å². The van der Waals surface area contributed by atoms with Gasteiger partial charge in [-0.25, -0.2) is 0 Å². The summed E-state index contributed by atoms with van der Waals surface area (Å²) in [6.45, 7) is 0.114. The van der Waals surface area contributed by atoms with E-state index in [9.17, 15) is 22.8 Å². The molecule has 0 aliphatic heterocycles. The number of halogens is 3. The first-order chi connectivity index (χ1) is 11.8. The summed E-state index contributed by atoms with van der Waals surface area (Å²) in [4.78, 5) is 23.4. The zero-order valence-corrected chi connectivity index (χ0v) is 13.6. The van der Waals surface area contributed by atoms with Gasteiger partial charge < -0.3 is 15.1 Å². The van der Waals surface area contributed by atoms with E-state index in [1.807, 2.05) is 0 Å². The summed E-state index contributed by atoms with van der Waals surface area (Å²) in [5.41, 5.74) is 0. The van der Waals surface area contributed by atoms with Crippen LogP contribution in [-0.2, 0) is 9.59 Å².